The van der Waals surface area contributed by atoms with Crippen molar-refractivity contribution >= 4 is 17.5 Å². The second-order valence-electron chi connectivity index (χ2n) is 4.75. The van der Waals surface area contributed by atoms with Crippen LogP contribution in [-0.2, 0) is 14.3 Å². The van der Waals surface area contributed by atoms with Crippen LogP contribution in [0.3, 0.4) is 0 Å². The molecular weight excluding hydrogens is 270 g/mol. The first-order valence-corrected chi connectivity index (χ1v) is 6.90. The third-order valence-electron chi connectivity index (χ3n) is 2.99. The predicted octanol–water partition coefficient (Wildman–Crippen LogP) is 0.674. The molecule has 6 heteroatoms. The van der Waals surface area contributed by atoms with Crippen LogP contribution in [0.25, 0.3) is 0 Å². The van der Waals surface area contributed by atoms with Crippen molar-refractivity contribution in [2.75, 3.05) is 32.1 Å². The minimum Gasteiger partial charge on any atom is -0.383 e. The highest BCUT2D eigenvalue weighted by molar-refractivity contribution is 5.93. The molecule has 3 N–H and O–H groups in total. The topological polar surface area (TPSA) is 79.5 Å². The van der Waals surface area contributed by atoms with Gasteiger partial charge in [0.1, 0.15) is 0 Å². The summed E-state index contributed by atoms with van der Waals surface area (Å²) in [5.41, 5.74) is 1.78. The number of hydrogen-bond donors (Lipinski definition) is 3. The lowest BCUT2D eigenvalue weighted by atomic mass is 10.2. The predicted molar refractivity (Wildman–Crippen MR) is 82.2 cm³/mol. The molecule has 0 radical (unpaired) electrons. The molecule has 116 valence electrons. The van der Waals surface area contributed by atoms with Gasteiger partial charge in [0.15, 0.2) is 0 Å². The number of carbonyl (C=O) groups is 2. The van der Waals surface area contributed by atoms with Crippen molar-refractivity contribution in [2.24, 2.45) is 0 Å². The number of rotatable bonds is 8. The van der Waals surface area contributed by atoms with Crippen molar-refractivity contribution in [1.29, 1.82) is 0 Å². The van der Waals surface area contributed by atoms with Gasteiger partial charge >= 0.3 is 0 Å². The maximum absolute atomic E-state index is 11.8. The number of amides is 2. The first kappa shape index (κ1) is 17.1. The Hall–Kier alpha value is -1.92. The Morgan fingerprint density at radius 3 is 2.67 bits per heavy atom. The Bertz CT molecular complexity index is 477. The lowest BCUT2D eigenvalue weighted by molar-refractivity contribution is -0.123. The highest BCUT2D eigenvalue weighted by Crippen LogP contribution is 2.12. The van der Waals surface area contributed by atoms with Crippen molar-refractivity contribution in [3.05, 3.63) is 29.8 Å². The standard InChI is InChI=1S/C15H23N3O3/c1-11-6-4-5-7-13(11)18-14(19)10-17-12(2)15(20)16-8-9-21-3/h4-7,12,17H,8-10H2,1-3H3,(H,16,20)(H,18,19). The minimum atomic E-state index is -0.440. The Balaban J connectivity index is 2.32. The zero-order valence-electron chi connectivity index (χ0n) is 12.7. The Labute approximate surface area is 125 Å². The third-order valence-corrected chi connectivity index (χ3v) is 2.99. The van der Waals surface area contributed by atoms with Gasteiger partial charge in [0.2, 0.25) is 11.8 Å². The molecule has 0 spiro atoms. The van der Waals surface area contributed by atoms with E-state index < -0.39 is 6.04 Å². The second kappa shape index (κ2) is 9.10. The van der Waals surface area contributed by atoms with E-state index in [4.69, 9.17) is 4.74 Å². The molecule has 0 saturated heterocycles. The monoisotopic (exact) mass is 293 g/mol. The summed E-state index contributed by atoms with van der Waals surface area (Å²) in [6.07, 6.45) is 0. The van der Waals surface area contributed by atoms with Crippen LogP contribution in [0.1, 0.15) is 12.5 Å². The van der Waals surface area contributed by atoms with E-state index in [1.807, 2.05) is 31.2 Å². The summed E-state index contributed by atoms with van der Waals surface area (Å²) in [4.78, 5) is 23.5. The highest BCUT2D eigenvalue weighted by Gasteiger charge is 2.13. The Morgan fingerprint density at radius 2 is 2.00 bits per heavy atom. The van der Waals surface area contributed by atoms with Gasteiger partial charge in [-0.05, 0) is 25.5 Å². The molecule has 2 amide bonds. The summed E-state index contributed by atoms with van der Waals surface area (Å²) in [5, 5.41) is 8.40. The zero-order chi connectivity index (χ0) is 15.7. The average molecular weight is 293 g/mol. The molecule has 0 aromatic heterocycles. The molecule has 0 bridgehead atoms. The Kier molecular flexibility index (Phi) is 7.42. The van der Waals surface area contributed by atoms with Crippen molar-refractivity contribution in [2.45, 2.75) is 19.9 Å². The smallest absolute Gasteiger partial charge is 0.238 e. The number of aryl methyl sites for hydroxylation is 1. The van der Waals surface area contributed by atoms with E-state index in [9.17, 15) is 9.59 Å². The number of para-hydroxylation sites is 1. The molecule has 1 aromatic carbocycles. The van der Waals surface area contributed by atoms with E-state index in [1.165, 1.54) is 0 Å². The molecule has 0 aliphatic heterocycles. The number of nitrogens with one attached hydrogen (secondary N) is 3. The largest absolute Gasteiger partial charge is 0.383 e. The van der Waals surface area contributed by atoms with Crippen molar-refractivity contribution < 1.29 is 14.3 Å². The lowest BCUT2D eigenvalue weighted by Gasteiger charge is -2.14. The van der Waals surface area contributed by atoms with Crippen LogP contribution < -0.4 is 16.0 Å². The maximum atomic E-state index is 11.8. The van der Waals surface area contributed by atoms with Crippen LogP contribution in [-0.4, -0.2) is 44.7 Å². The van der Waals surface area contributed by atoms with Crippen LogP contribution >= 0.6 is 0 Å². The lowest BCUT2D eigenvalue weighted by Crippen LogP contribution is -2.45. The molecule has 0 aliphatic rings. The number of benzene rings is 1. The molecule has 0 saturated carbocycles. The quantitative estimate of drug-likeness (QED) is 0.616. The van der Waals surface area contributed by atoms with Gasteiger partial charge in [0, 0.05) is 19.3 Å². The van der Waals surface area contributed by atoms with Crippen molar-refractivity contribution in [3.63, 3.8) is 0 Å². The number of carbonyl (C=O) groups excluding carboxylic acids is 2. The number of hydrogen-bond acceptors (Lipinski definition) is 4. The van der Waals surface area contributed by atoms with Gasteiger partial charge in [-0.2, -0.15) is 0 Å². The molecule has 1 rings (SSSR count). The Morgan fingerprint density at radius 1 is 1.29 bits per heavy atom. The summed E-state index contributed by atoms with van der Waals surface area (Å²) in [5.74, 6) is -0.336. The van der Waals surface area contributed by atoms with E-state index in [2.05, 4.69) is 16.0 Å². The molecular formula is C15H23N3O3. The summed E-state index contributed by atoms with van der Waals surface area (Å²) in [6, 6.07) is 7.10. The van der Waals surface area contributed by atoms with E-state index >= 15 is 0 Å². The summed E-state index contributed by atoms with van der Waals surface area (Å²) >= 11 is 0. The zero-order valence-corrected chi connectivity index (χ0v) is 12.7. The molecule has 1 aromatic rings. The highest BCUT2D eigenvalue weighted by atomic mass is 16.5. The van der Waals surface area contributed by atoms with E-state index in [0.29, 0.717) is 13.2 Å². The van der Waals surface area contributed by atoms with Gasteiger partial charge in [0.25, 0.3) is 0 Å². The first-order chi connectivity index (χ1) is 10.0. The van der Waals surface area contributed by atoms with Gasteiger partial charge < -0.3 is 15.4 Å². The summed E-state index contributed by atoms with van der Waals surface area (Å²) in [6.45, 7) is 4.63. The normalized spacial score (nSPS) is 11.8. The van der Waals surface area contributed by atoms with Gasteiger partial charge in [-0.3, -0.25) is 14.9 Å². The fourth-order valence-corrected chi connectivity index (χ4v) is 1.68. The van der Waals surface area contributed by atoms with Gasteiger partial charge in [-0.15, -0.1) is 0 Å². The van der Waals surface area contributed by atoms with E-state index in [-0.39, 0.29) is 18.4 Å². The van der Waals surface area contributed by atoms with E-state index in [0.717, 1.165) is 11.3 Å². The fraction of sp³-hybridized carbons (Fsp3) is 0.467. The van der Waals surface area contributed by atoms with Crippen LogP contribution in [0.15, 0.2) is 24.3 Å². The third kappa shape index (κ3) is 6.37. The molecule has 0 fully saturated rings. The van der Waals surface area contributed by atoms with Crippen LogP contribution in [0.2, 0.25) is 0 Å². The van der Waals surface area contributed by atoms with Crippen LogP contribution in [0, 0.1) is 6.92 Å². The molecule has 1 atom stereocenters. The number of methoxy groups -OCH3 is 1. The molecule has 1 unspecified atom stereocenters. The molecule has 0 aliphatic carbocycles. The molecule has 6 nitrogen and oxygen atoms in total. The van der Waals surface area contributed by atoms with Gasteiger partial charge in [-0.25, -0.2) is 0 Å². The van der Waals surface area contributed by atoms with E-state index in [1.54, 1.807) is 14.0 Å². The first-order valence-electron chi connectivity index (χ1n) is 6.90. The molecule has 21 heavy (non-hydrogen) atoms. The average Bonchev–Trinajstić information content (AvgIpc) is 2.47. The molecule has 0 heterocycles. The van der Waals surface area contributed by atoms with Gasteiger partial charge in [-0.1, -0.05) is 18.2 Å². The number of anilines is 1. The van der Waals surface area contributed by atoms with Crippen molar-refractivity contribution in [1.82, 2.24) is 10.6 Å². The summed E-state index contributed by atoms with van der Waals surface area (Å²) in [7, 11) is 1.57. The maximum Gasteiger partial charge on any atom is 0.238 e. The van der Waals surface area contributed by atoms with Crippen LogP contribution in [0.5, 0.6) is 0 Å². The minimum absolute atomic E-state index is 0.0766. The fourth-order valence-electron chi connectivity index (χ4n) is 1.68. The number of ether oxygens (including phenoxy) is 1. The van der Waals surface area contributed by atoms with Crippen LogP contribution in [0.4, 0.5) is 5.69 Å². The SMILES string of the molecule is COCCNC(=O)C(C)NCC(=O)Nc1ccccc1C. The van der Waals surface area contributed by atoms with Crippen molar-refractivity contribution in [3.8, 4) is 0 Å². The van der Waals surface area contributed by atoms with Gasteiger partial charge in [0.05, 0.1) is 19.2 Å². The summed E-state index contributed by atoms with van der Waals surface area (Å²) < 4.78 is 4.85. The second-order valence-corrected chi connectivity index (χ2v) is 4.75.